The molecule has 0 saturated carbocycles. The Morgan fingerprint density at radius 1 is 1.06 bits per heavy atom. The summed E-state index contributed by atoms with van der Waals surface area (Å²) in [6.07, 6.45) is 1.83. The molecule has 0 aliphatic rings. The summed E-state index contributed by atoms with van der Waals surface area (Å²) in [5.41, 5.74) is 9.29. The van der Waals surface area contributed by atoms with Crippen LogP contribution in [0.2, 0.25) is 0 Å². The largest absolute Gasteiger partial charge is 0.320 e. The lowest BCUT2D eigenvalue weighted by Gasteiger charge is -2.13. The van der Waals surface area contributed by atoms with Gasteiger partial charge in [-0.2, -0.15) is 0 Å². The van der Waals surface area contributed by atoms with E-state index in [9.17, 15) is 0 Å². The number of hydrogen-bond acceptors (Lipinski definition) is 2. The molecule has 2 N–H and O–H groups in total. The Bertz CT molecular complexity index is 503. The topological polar surface area (TPSA) is 38.9 Å². The minimum atomic E-state index is -0.156. The molecule has 2 nitrogen and oxygen atoms in total. The molecule has 0 aliphatic heterocycles. The lowest BCUT2D eigenvalue weighted by molar-refractivity contribution is 0.858. The van der Waals surface area contributed by atoms with Gasteiger partial charge < -0.3 is 5.73 Å². The van der Waals surface area contributed by atoms with Crippen molar-refractivity contribution in [1.82, 2.24) is 4.98 Å². The number of aromatic nitrogens is 1. The maximum absolute atomic E-state index is 6.22. The van der Waals surface area contributed by atoms with Gasteiger partial charge in [-0.1, -0.05) is 37.9 Å². The van der Waals surface area contributed by atoms with E-state index < -0.39 is 0 Å². The summed E-state index contributed by atoms with van der Waals surface area (Å²) in [5.74, 6) is 0. The summed E-state index contributed by atoms with van der Waals surface area (Å²) in [7, 11) is 0. The van der Waals surface area contributed by atoms with E-state index in [2.05, 4.69) is 36.8 Å². The van der Waals surface area contributed by atoms with Crippen LogP contribution in [0.5, 0.6) is 0 Å². The summed E-state index contributed by atoms with van der Waals surface area (Å²) in [6.45, 7) is 1.96. The Balaban J connectivity index is 2.36. The zero-order valence-electron chi connectivity index (χ0n) is 9.32. The third-order valence-corrected chi connectivity index (χ3v) is 3.45. The van der Waals surface area contributed by atoms with Crippen LogP contribution in [0.15, 0.2) is 45.5 Å². The van der Waals surface area contributed by atoms with Crippen LogP contribution in [0.4, 0.5) is 0 Å². The van der Waals surface area contributed by atoms with Crippen molar-refractivity contribution >= 4 is 31.9 Å². The molecule has 4 heteroatoms. The zero-order chi connectivity index (χ0) is 12.4. The highest BCUT2D eigenvalue weighted by molar-refractivity contribution is 9.11. The van der Waals surface area contributed by atoms with Crippen molar-refractivity contribution in [2.24, 2.45) is 5.73 Å². The first-order valence-corrected chi connectivity index (χ1v) is 6.79. The fourth-order valence-corrected chi connectivity index (χ4v) is 2.94. The van der Waals surface area contributed by atoms with E-state index in [1.165, 1.54) is 0 Å². The Kier molecular flexibility index (Phi) is 3.97. The van der Waals surface area contributed by atoms with E-state index in [0.29, 0.717) is 0 Å². The lowest BCUT2D eigenvalue weighted by atomic mass is 10.0. The smallest absolute Gasteiger partial charge is 0.0567 e. The SMILES string of the molecule is Cc1ccc(C(N)c2cc(Br)cc(Br)c2)cn1. The second kappa shape index (κ2) is 5.29. The van der Waals surface area contributed by atoms with Gasteiger partial charge in [-0.25, -0.2) is 0 Å². The molecule has 0 bridgehead atoms. The highest BCUT2D eigenvalue weighted by atomic mass is 79.9. The summed E-state index contributed by atoms with van der Waals surface area (Å²) in [5, 5.41) is 0. The molecule has 0 fully saturated rings. The van der Waals surface area contributed by atoms with Crippen LogP contribution in [-0.4, -0.2) is 4.98 Å². The highest BCUT2D eigenvalue weighted by Crippen LogP contribution is 2.26. The average Bonchev–Trinajstić information content (AvgIpc) is 2.28. The third-order valence-electron chi connectivity index (χ3n) is 2.54. The van der Waals surface area contributed by atoms with E-state index in [4.69, 9.17) is 5.73 Å². The van der Waals surface area contributed by atoms with Crippen molar-refractivity contribution in [3.8, 4) is 0 Å². The molecule has 1 aromatic heterocycles. The van der Waals surface area contributed by atoms with Gasteiger partial charge >= 0.3 is 0 Å². The number of nitrogens with zero attached hydrogens (tertiary/aromatic N) is 1. The van der Waals surface area contributed by atoms with Crippen LogP contribution in [0.3, 0.4) is 0 Å². The Labute approximate surface area is 118 Å². The molecule has 88 valence electrons. The van der Waals surface area contributed by atoms with Gasteiger partial charge in [-0.3, -0.25) is 4.98 Å². The summed E-state index contributed by atoms with van der Waals surface area (Å²) < 4.78 is 2.02. The van der Waals surface area contributed by atoms with Gasteiger partial charge in [0.2, 0.25) is 0 Å². The van der Waals surface area contributed by atoms with E-state index in [0.717, 1.165) is 25.8 Å². The zero-order valence-corrected chi connectivity index (χ0v) is 12.5. The molecule has 0 radical (unpaired) electrons. The minimum absolute atomic E-state index is 0.156. The molecule has 0 amide bonds. The fraction of sp³-hybridized carbons (Fsp3) is 0.154. The van der Waals surface area contributed by atoms with Crippen molar-refractivity contribution in [3.63, 3.8) is 0 Å². The first kappa shape index (κ1) is 12.7. The molecule has 1 aromatic carbocycles. The summed E-state index contributed by atoms with van der Waals surface area (Å²) in [6, 6.07) is 9.87. The predicted molar refractivity (Wildman–Crippen MR) is 76.8 cm³/mol. The van der Waals surface area contributed by atoms with Crippen LogP contribution < -0.4 is 5.73 Å². The average molecular weight is 356 g/mol. The predicted octanol–water partition coefficient (Wildman–Crippen LogP) is 3.96. The van der Waals surface area contributed by atoms with Crippen LogP contribution in [0.1, 0.15) is 22.9 Å². The molecule has 2 aromatic rings. The van der Waals surface area contributed by atoms with Crippen LogP contribution in [0, 0.1) is 6.92 Å². The first-order chi connectivity index (χ1) is 8.06. The van der Waals surface area contributed by atoms with Gasteiger partial charge in [0.05, 0.1) is 6.04 Å². The van der Waals surface area contributed by atoms with Crippen LogP contribution >= 0.6 is 31.9 Å². The normalized spacial score (nSPS) is 12.5. The molecular formula is C13H12Br2N2. The fourth-order valence-electron chi connectivity index (χ4n) is 1.61. The van der Waals surface area contributed by atoms with Crippen molar-refractivity contribution in [2.45, 2.75) is 13.0 Å². The molecule has 1 unspecified atom stereocenters. The minimum Gasteiger partial charge on any atom is -0.320 e. The Hall–Kier alpha value is -0.710. The van der Waals surface area contributed by atoms with Gasteiger partial charge in [0.1, 0.15) is 0 Å². The number of pyridine rings is 1. The monoisotopic (exact) mass is 354 g/mol. The second-order valence-electron chi connectivity index (χ2n) is 3.91. The molecule has 0 saturated heterocycles. The molecule has 1 heterocycles. The highest BCUT2D eigenvalue weighted by Gasteiger charge is 2.10. The lowest BCUT2D eigenvalue weighted by Crippen LogP contribution is -2.12. The second-order valence-corrected chi connectivity index (χ2v) is 5.74. The Morgan fingerprint density at radius 2 is 1.71 bits per heavy atom. The van der Waals surface area contributed by atoms with Crippen molar-refractivity contribution in [2.75, 3.05) is 0 Å². The number of aryl methyl sites for hydroxylation is 1. The number of halogens is 2. The standard InChI is InChI=1S/C13H12Br2N2/c1-8-2-3-9(7-17-8)13(16)10-4-11(14)6-12(15)5-10/h2-7,13H,16H2,1H3. The number of benzene rings is 1. The van der Waals surface area contributed by atoms with E-state index >= 15 is 0 Å². The van der Waals surface area contributed by atoms with Gasteiger partial charge in [0.15, 0.2) is 0 Å². The molecule has 2 rings (SSSR count). The molecule has 17 heavy (non-hydrogen) atoms. The van der Waals surface area contributed by atoms with Crippen molar-refractivity contribution in [3.05, 3.63) is 62.3 Å². The van der Waals surface area contributed by atoms with Crippen LogP contribution in [0.25, 0.3) is 0 Å². The van der Waals surface area contributed by atoms with Crippen molar-refractivity contribution in [1.29, 1.82) is 0 Å². The van der Waals surface area contributed by atoms with Gasteiger partial charge in [-0.15, -0.1) is 0 Å². The first-order valence-electron chi connectivity index (χ1n) is 5.20. The number of nitrogens with two attached hydrogens (primary N) is 1. The van der Waals surface area contributed by atoms with Gasteiger partial charge in [0, 0.05) is 20.8 Å². The maximum Gasteiger partial charge on any atom is 0.0567 e. The van der Waals surface area contributed by atoms with E-state index in [1.807, 2.05) is 43.5 Å². The van der Waals surface area contributed by atoms with Crippen molar-refractivity contribution < 1.29 is 0 Å². The van der Waals surface area contributed by atoms with Crippen LogP contribution in [-0.2, 0) is 0 Å². The third kappa shape index (κ3) is 3.15. The quantitative estimate of drug-likeness (QED) is 0.885. The molecule has 0 spiro atoms. The molecular weight excluding hydrogens is 344 g/mol. The summed E-state index contributed by atoms with van der Waals surface area (Å²) in [4.78, 5) is 4.27. The van der Waals surface area contributed by atoms with Gasteiger partial charge in [0.25, 0.3) is 0 Å². The summed E-state index contributed by atoms with van der Waals surface area (Å²) >= 11 is 6.93. The maximum atomic E-state index is 6.22. The molecule has 0 aliphatic carbocycles. The van der Waals surface area contributed by atoms with Gasteiger partial charge in [-0.05, 0) is 42.3 Å². The number of hydrogen-bond donors (Lipinski definition) is 1. The molecule has 1 atom stereocenters. The number of rotatable bonds is 2. The Morgan fingerprint density at radius 3 is 2.24 bits per heavy atom. The van der Waals surface area contributed by atoms with E-state index in [-0.39, 0.29) is 6.04 Å². The van der Waals surface area contributed by atoms with E-state index in [1.54, 1.807) is 0 Å².